The van der Waals surface area contributed by atoms with Gasteiger partial charge in [-0.05, 0) is 12.8 Å². The number of rotatable bonds is 3. The molecule has 0 bridgehead atoms. The lowest BCUT2D eigenvalue weighted by molar-refractivity contribution is 0.0246. The van der Waals surface area contributed by atoms with E-state index in [1.165, 1.54) is 31.4 Å². The summed E-state index contributed by atoms with van der Waals surface area (Å²) in [4.78, 5) is 19.6. The first-order valence-electron chi connectivity index (χ1n) is 6.46. The molecule has 0 saturated heterocycles. The fraction of sp³-hybridized carbons (Fsp3) is 0.615. The Balaban J connectivity index is 1.88. The molecule has 0 atom stereocenters. The molecular weight excluding hydrogens is 230 g/mol. The third-order valence-corrected chi connectivity index (χ3v) is 3.41. The number of aliphatic hydroxyl groups is 1. The van der Waals surface area contributed by atoms with Crippen molar-refractivity contribution in [3.63, 3.8) is 0 Å². The predicted molar refractivity (Wildman–Crippen MR) is 67.0 cm³/mol. The van der Waals surface area contributed by atoms with E-state index in [2.05, 4.69) is 15.3 Å². The second-order valence-corrected chi connectivity index (χ2v) is 4.91. The van der Waals surface area contributed by atoms with Crippen LogP contribution in [0.2, 0.25) is 0 Å². The molecule has 5 heteroatoms. The molecule has 1 aromatic rings. The van der Waals surface area contributed by atoms with Crippen molar-refractivity contribution in [2.24, 2.45) is 0 Å². The van der Waals surface area contributed by atoms with Crippen LogP contribution >= 0.6 is 0 Å². The molecule has 0 unspecified atom stereocenters. The Morgan fingerprint density at radius 3 is 2.61 bits per heavy atom. The molecule has 0 aliphatic heterocycles. The summed E-state index contributed by atoms with van der Waals surface area (Å²) in [6, 6.07) is 0. The minimum Gasteiger partial charge on any atom is -0.388 e. The van der Waals surface area contributed by atoms with Gasteiger partial charge in [0.05, 0.1) is 11.8 Å². The van der Waals surface area contributed by atoms with Crippen molar-refractivity contribution in [1.82, 2.24) is 15.3 Å². The Morgan fingerprint density at radius 1 is 1.28 bits per heavy atom. The summed E-state index contributed by atoms with van der Waals surface area (Å²) < 4.78 is 0. The van der Waals surface area contributed by atoms with Crippen LogP contribution in [0.3, 0.4) is 0 Å². The zero-order chi connectivity index (χ0) is 12.8. The Kier molecular flexibility index (Phi) is 4.25. The maximum atomic E-state index is 11.8. The lowest BCUT2D eigenvalue weighted by Gasteiger charge is -2.26. The first-order chi connectivity index (χ1) is 8.70. The fourth-order valence-electron chi connectivity index (χ4n) is 2.32. The maximum absolute atomic E-state index is 11.8. The summed E-state index contributed by atoms with van der Waals surface area (Å²) in [6.07, 6.45) is 10.3. The van der Waals surface area contributed by atoms with Gasteiger partial charge in [-0.3, -0.25) is 9.78 Å². The molecule has 1 heterocycles. The van der Waals surface area contributed by atoms with Crippen LogP contribution in [-0.2, 0) is 0 Å². The van der Waals surface area contributed by atoms with E-state index in [-0.39, 0.29) is 11.6 Å². The van der Waals surface area contributed by atoms with E-state index >= 15 is 0 Å². The predicted octanol–water partition coefficient (Wildman–Crippen LogP) is 1.29. The van der Waals surface area contributed by atoms with Crippen molar-refractivity contribution in [2.45, 2.75) is 44.1 Å². The van der Waals surface area contributed by atoms with Gasteiger partial charge >= 0.3 is 0 Å². The van der Waals surface area contributed by atoms with Crippen LogP contribution in [0, 0.1) is 0 Å². The number of amides is 1. The molecule has 1 amide bonds. The lowest BCUT2D eigenvalue weighted by Crippen LogP contribution is -2.42. The van der Waals surface area contributed by atoms with Crippen molar-refractivity contribution in [3.05, 3.63) is 24.3 Å². The highest BCUT2D eigenvalue weighted by molar-refractivity contribution is 5.91. The second-order valence-electron chi connectivity index (χ2n) is 4.91. The number of nitrogens with zero attached hydrogens (tertiary/aromatic N) is 2. The average Bonchev–Trinajstić information content (AvgIpc) is 2.62. The van der Waals surface area contributed by atoms with Gasteiger partial charge in [0.15, 0.2) is 0 Å². The van der Waals surface area contributed by atoms with Crippen molar-refractivity contribution >= 4 is 5.91 Å². The standard InChI is InChI=1S/C13H19N3O2/c17-12(11-9-14-7-8-15-11)16-10-13(18)5-3-1-2-4-6-13/h7-9,18H,1-6,10H2,(H,16,17). The van der Waals surface area contributed by atoms with E-state index in [9.17, 15) is 9.90 Å². The van der Waals surface area contributed by atoms with E-state index in [0.717, 1.165) is 25.7 Å². The molecular formula is C13H19N3O2. The quantitative estimate of drug-likeness (QED) is 0.792. The van der Waals surface area contributed by atoms with Crippen LogP contribution in [0.5, 0.6) is 0 Å². The van der Waals surface area contributed by atoms with E-state index in [0.29, 0.717) is 6.54 Å². The van der Waals surface area contributed by atoms with Gasteiger partial charge in [-0.1, -0.05) is 25.7 Å². The van der Waals surface area contributed by atoms with Gasteiger partial charge in [-0.25, -0.2) is 4.98 Å². The van der Waals surface area contributed by atoms with E-state index in [4.69, 9.17) is 0 Å². The molecule has 1 aliphatic rings. The molecule has 1 aromatic heterocycles. The molecule has 0 radical (unpaired) electrons. The molecule has 2 N–H and O–H groups in total. The number of nitrogens with one attached hydrogen (secondary N) is 1. The minimum atomic E-state index is -0.756. The molecule has 5 nitrogen and oxygen atoms in total. The minimum absolute atomic E-state index is 0.277. The molecule has 0 aromatic carbocycles. The number of hydrogen-bond donors (Lipinski definition) is 2. The zero-order valence-electron chi connectivity index (χ0n) is 10.4. The van der Waals surface area contributed by atoms with E-state index in [1.807, 2.05) is 0 Å². The van der Waals surface area contributed by atoms with Crippen molar-refractivity contribution in [3.8, 4) is 0 Å². The maximum Gasteiger partial charge on any atom is 0.271 e. The summed E-state index contributed by atoms with van der Waals surface area (Å²) in [5.41, 5.74) is -0.469. The summed E-state index contributed by atoms with van der Waals surface area (Å²) in [5.74, 6) is -0.277. The SMILES string of the molecule is O=C(NCC1(O)CCCCCC1)c1cnccn1. The van der Waals surface area contributed by atoms with Gasteiger partial charge in [0.25, 0.3) is 5.91 Å². The first-order valence-corrected chi connectivity index (χ1v) is 6.46. The Hall–Kier alpha value is -1.49. The molecule has 98 valence electrons. The molecule has 18 heavy (non-hydrogen) atoms. The van der Waals surface area contributed by atoms with E-state index in [1.54, 1.807) is 0 Å². The van der Waals surface area contributed by atoms with Crippen molar-refractivity contribution in [1.29, 1.82) is 0 Å². The Bertz CT molecular complexity index is 386. The number of hydrogen-bond acceptors (Lipinski definition) is 4. The van der Waals surface area contributed by atoms with Crippen LogP contribution in [0.1, 0.15) is 49.0 Å². The normalized spacial score (nSPS) is 18.9. The third kappa shape index (κ3) is 3.50. The highest BCUT2D eigenvalue weighted by Crippen LogP contribution is 2.26. The molecule has 1 fully saturated rings. The van der Waals surface area contributed by atoms with Crippen molar-refractivity contribution < 1.29 is 9.90 Å². The molecule has 2 rings (SSSR count). The zero-order valence-corrected chi connectivity index (χ0v) is 10.4. The topological polar surface area (TPSA) is 75.1 Å². The lowest BCUT2D eigenvalue weighted by atomic mass is 9.94. The smallest absolute Gasteiger partial charge is 0.271 e. The number of carbonyl (C=O) groups excluding carboxylic acids is 1. The Morgan fingerprint density at radius 2 is 2.00 bits per heavy atom. The van der Waals surface area contributed by atoms with Crippen LogP contribution in [0.4, 0.5) is 0 Å². The molecule has 0 spiro atoms. The largest absolute Gasteiger partial charge is 0.388 e. The number of aromatic nitrogens is 2. The van der Waals surface area contributed by atoms with Crippen LogP contribution < -0.4 is 5.32 Å². The summed E-state index contributed by atoms with van der Waals surface area (Å²) in [7, 11) is 0. The molecule has 1 saturated carbocycles. The fourth-order valence-corrected chi connectivity index (χ4v) is 2.32. The summed E-state index contributed by atoms with van der Waals surface area (Å²) in [6.45, 7) is 0.294. The van der Waals surface area contributed by atoms with Crippen LogP contribution in [-0.4, -0.2) is 33.1 Å². The highest BCUT2D eigenvalue weighted by atomic mass is 16.3. The second kappa shape index (κ2) is 5.91. The Labute approximate surface area is 107 Å². The highest BCUT2D eigenvalue weighted by Gasteiger charge is 2.28. The van der Waals surface area contributed by atoms with Gasteiger partial charge in [-0.15, -0.1) is 0 Å². The van der Waals surface area contributed by atoms with Crippen LogP contribution in [0.25, 0.3) is 0 Å². The van der Waals surface area contributed by atoms with Gasteiger partial charge in [0.2, 0.25) is 0 Å². The summed E-state index contributed by atoms with van der Waals surface area (Å²) >= 11 is 0. The average molecular weight is 249 g/mol. The molecule has 1 aliphatic carbocycles. The van der Waals surface area contributed by atoms with Crippen molar-refractivity contribution in [2.75, 3.05) is 6.54 Å². The van der Waals surface area contributed by atoms with Crippen LogP contribution in [0.15, 0.2) is 18.6 Å². The third-order valence-electron chi connectivity index (χ3n) is 3.41. The monoisotopic (exact) mass is 249 g/mol. The van der Waals surface area contributed by atoms with Gasteiger partial charge < -0.3 is 10.4 Å². The van der Waals surface area contributed by atoms with Gasteiger partial charge in [0, 0.05) is 18.9 Å². The first kappa shape index (κ1) is 13.0. The van der Waals surface area contributed by atoms with E-state index < -0.39 is 5.60 Å². The summed E-state index contributed by atoms with van der Waals surface area (Å²) in [5, 5.41) is 13.1. The number of carbonyl (C=O) groups is 1. The van der Waals surface area contributed by atoms with Gasteiger partial charge in [0.1, 0.15) is 5.69 Å². The van der Waals surface area contributed by atoms with Gasteiger partial charge in [-0.2, -0.15) is 0 Å².